The Labute approximate surface area is 40.8 Å². The van der Waals surface area contributed by atoms with E-state index in [1.807, 2.05) is 0 Å². The molecule has 0 amide bonds. The van der Waals surface area contributed by atoms with Crippen LogP contribution in [-0.2, 0) is 0 Å². The van der Waals surface area contributed by atoms with Crippen molar-refractivity contribution in [2.24, 2.45) is 0 Å². The maximum absolute atomic E-state index is 10.1. The molecule has 1 aromatic heterocycles. The molecule has 1 rings (SSSR count). The largest absolute Gasteiger partial charge is 0.329 e. The van der Waals surface area contributed by atoms with Gasteiger partial charge in [0, 0.05) is 6.20 Å². The van der Waals surface area contributed by atoms with Gasteiger partial charge in [-0.2, -0.15) is 0 Å². The summed E-state index contributed by atoms with van der Waals surface area (Å²) in [5.74, 6) is 0. The lowest BCUT2D eigenvalue weighted by Crippen LogP contribution is -2.00. The molecule has 2 radical (unpaired) electrons. The number of hydrogen-bond acceptors (Lipinski definition) is 1. The molecule has 1 heterocycles. The van der Waals surface area contributed by atoms with Gasteiger partial charge in [0.2, 0.25) is 0 Å². The third kappa shape index (κ3) is 0.892. The van der Waals surface area contributed by atoms with Crippen LogP contribution in [0.1, 0.15) is 0 Å². The van der Waals surface area contributed by atoms with Crippen LogP contribution in [-0.4, -0.2) is 4.98 Å². The second-order valence-electron chi connectivity index (χ2n) is 1.08. The van der Waals surface area contributed by atoms with E-state index < -0.39 is 0 Å². The fraction of sp³-hybridized carbons (Fsp3) is 0. The van der Waals surface area contributed by atoms with E-state index in [4.69, 9.17) is 0 Å². The van der Waals surface area contributed by atoms with Gasteiger partial charge in [0.1, 0.15) is 0 Å². The highest BCUT2D eigenvalue weighted by atomic mass is 16.1. The maximum Gasteiger partial charge on any atom is 0.256 e. The molecule has 0 saturated carbocycles. The summed E-state index contributed by atoms with van der Waals surface area (Å²) < 4.78 is 0. The first-order valence-corrected chi connectivity index (χ1v) is 1.86. The minimum Gasteiger partial charge on any atom is -0.329 e. The SMILES string of the molecule is O=c1[c][c]cc[nH]1. The fourth-order valence-corrected chi connectivity index (χ4v) is 0.302. The van der Waals surface area contributed by atoms with Crippen LogP contribution in [0.15, 0.2) is 17.1 Å². The van der Waals surface area contributed by atoms with Crippen LogP contribution in [0.3, 0.4) is 0 Å². The summed E-state index contributed by atoms with van der Waals surface area (Å²) in [4.78, 5) is 12.5. The van der Waals surface area contributed by atoms with Crippen LogP contribution in [0.4, 0.5) is 0 Å². The van der Waals surface area contributed by atoms with E-state index in [1.54, 1.807) is 6.07 Å². The summed E-state index contributed by atoms with van der Waals surface area (Å²) in [5, 5.41) is 0. The summed E-state index contributed by atoms with van der Waals surface area (Å²) >= 11 is 0. The quantitative estimate of drug-likeness (QED) is 0.480. The molecule has 1 N–H and O–H groups in total. The van der Waals surface area contributed by atoms with Crippen molar-refractivity contribution in [2.75, 3.05) is 0 Å². The van der Waals surface area contributed by atoms with E-state index >= 15 is 0 Å². The predicted octanol–water partition coefficient (Wildman–Crippen LogP) is -0.0247. The molecule has 0 aliphatic heterocycles. The van der Waals surface area contributed by atoms with Crippen molar-refractivity contribution in [1.82, 2.24) is 4.98 Å². The molecule has 0 unspecified atom stereocenters. The van der Waals surface area contributed by atoms with E-state index in [2.05, 4.69) is 17.1 Å². The Balaban J connectivity index is 3.28. The lowest BCUT2D eigenvalue weighted by atomic mass is 10.5. The van der Waals surface area contributed by atoms with Crippen LogP contribution >= 0.6 is 0 Å². The monoisotopic (exact) mass is 93.0 g/mol. The first-order valence-electron chi connectivity index (χ1n) is 1.86. The highest BCUT2D eigenvalue weighted by Crippen LogP contribution is 1.64. The average molecular weight is 93.1 g/mol. The molecule has 0 atom stereocenters. The number of hydrogen-bond donors (Lipinski definition) is 1. The van der Waals surface area contributed by atoms with E-state index in [-0.39, 0.29) is 5.56 Å². The lowest BCUT2D eigenvalue weighted by molar-refractivity contribution is 1.23. The normalized spacial score (nSPS) is 8.57. The van der Waals surface area contributed by atoms with E-state index in [0.717, 1.165) is 0 Å². The van der Waals surface area contributed by atoms with Gasteiger partial charge in [-0.05, 0) is 12.1 Å². The molecule has 34 valence electrons. The van der Waals surface area contributed by atoms with E-state index in [1.165, 1.54) is 6.20 Å². The third-order valence-electron chi connectivity index (χ3n) is 0.567. The van der Waals surface area contributed by atoms with Gasteiger partial charge in [-0.1, -0.05) is 0 Å². The number of pyridine rings is 1. The topological polar surface area (TPSA) is 32.9 Å². The van der Waals surface area contributed by atoms with Crippen molar-refractivity contribution in [3.8, 4) is 0 Å². The summed E-state index contributed by atoms with van der Waals surface area (Å²) in [5.41, 5.74) is -0.234. The van der Waals surface area contributed by atoms with Crippen molar-refractivity contribution in [3.05, 3.63) is 34.7 Å². The Morgan fingerprint density at radius 2 is 2.57 bits per heavy atom. The number of aromatic nitrogens is 1. The maximum atomic E-state index is 10.1. The van der Waals surface area contributed by atoms with Gasteiger partial charge in [-0.15, -0.1) is 0 Å². The summed E-state index contributed by atoms with van der Waals surface area (Å²) in [6.45, 7) is 0. The number of H-pyrrole nitrogens is 1. The Bertz CT molecular complexity index is 174. The molecule has 0 bridgehead atoms. The molecular weight excluding hydrogens is 90.1 g/mol. The first-order chi connectivity index (χ1) is 3.39. The van der Waals surface area contributed by atoms with Gasteiger partial charge >= 0.3 is 0 Å². The number of rotatable bonds is 0. The second-order valence-corrected chi connectivity index (χ2v) is 1.08. The molecule has 0 aliphatic rings. The molecule has 7 heavy (non-hydrogen) atoms. The molecule has 2 heteroatoms. The Hall–Kier alpha value is -1.05. The van der Waals surface area contributed by atoms with Crippen molar-refractivity contribution < 1.29 is 0 Å². The van der Waals surface area contributed by atoms with Crippen LogP contribution < -0.4 is 5.56 Å². The highest BCUT2D eigenvalue weighted by Gasteiger charge is 1.71. The van der Waals surface area contributed by atoms with Crippen molar-refractivity contribution in [2.45, 2.75) is 0 Å². The minimum atomic E-state index is -0.234. The van der Waals surface area contributed by atoms with Crippen molar-refractivity contribution in [3.63, 3.8) is 0 Å². The van der Waals surface area contributed by atoms with Crippen LogP contribution in [0.25, 0.3) is 0 Å². The smallest absolute Gasteiger partial charge is 0.256 e. The van der Waals surface area contributed by atoms with Crippen molar-refractivity contribution >= 4 is 0 Å². The molecule has 1 aromatic rings. The third-order valence-corrected chi connectivity index (χ3v) is 0.567. The number of nitrogens with one attached hydrogen (secondary N) is 1. The second kappa shape index (κ2) is 1.60. The van der Waals surface area contributed by atoms with Gasteiger partial charge in [0.15, 0.2) is 0 Å². The molecular formula is C5H3NO. The Kier molecular flexibility index (Phi) is 0.941. The first kappa shape index (κ1) is 4.12. The Morgan fingerprint density at radius 1 is 1.71 bits per heavy atom. The molecule has 0 aromatic carbocycles. The van der Waals surface area contributed by atoms with Gasteiger partial charge in [0.05, 0.1) is 6.07 Å². The molecule has 2 nitrogen and oxygen atoms in total. The standard InChI is InChI=1S/C5H3NO/c7-5-3-1-2-4-6-5/h2,4H,(H,6,7). The highest BCUT2D eigenvalue weighted by molar-refractivity contribution is 4.84. The molecule has 0 saturated heterocycles. The zero-order chi connectivity index (χ0) is 5.11. The van der Waals surface area contributed by atoms with Crippen LogP contribution in [0.2, 0.25) is 0 Å². The van der Waals surface area contributed by atoms with E-state index in [0.29, 0.717) is 0 Å². The summed E-state index contributed by atoms with van der Waals surface area (Å²) in [6, 6.07) is 6.37. The van der Waals surface area contributed by atoms with Gasteiger partial charge in [-0.25, -0.2) is 0 Å². The average Bonchev–Trinajstić information content (AvgIpc) is 1.69. The van der Waals surface area contributed by atoms with Gasteiger partial charge < -0.3 is 4.98 Å². The Morgan fingerprint density at radius 3 is 2.86 bits per heavy atom. The summed E-state index contributed by atoms with van der Waals surface area (Å²) in [6.07, 6.45) is 1.51. The zero-order valence-electron chi connectivity index (χ0n) is 3.56. The van der Waals surface area contributed by atoms with Crippen molar-refractivity contribution in [1.29, 1.82) is 0 Å². The van der Waals surface area contributed by atoms with Crippen LogP contribution in [0.5, 0.6) is 0 Å². The zero-order valence-corrected chi connectivity index (χ0v) is 3.56. The fourth-order valence-electron chi connectivity index (χ4n) is 0.302. The minimum absolute atomic E-state index is 0.234. The van der Waals surface area contributed by atoms with E-state index in [9.17, 15) is 4.79 Å². The van der Waals surface area contributed by atoms with Gasteiger partial charge in [-0.3, -0.25) is 4.79 Å². The molecule has 0 spiro atoms. The van der Waals surface area contributed by atoms with Gasteiger partial charge in [0.25, 0.3) is 5.56 Å². The predicted molar refractivity (Wildman–Crippen MR) is 24.7 cm³/mol. The molecule has 0 aliphatic carbocycles. The van der Waals surface area contributed by atoms with Crippen LogP contribution in [0, 0.1) is 12.1 Å². The molecule has 0 fully saturated rings. The summed E-state index contributed by atoms with van der Waals surface area (Å²) in [7, 11) is 0. The number of aromatic amines is 1. The lowest BCUT2D eigenvalue weighted by Gasteiger charge is -1.71.